The quantitative estimate of drug-likeness (QED) is 0.896. The van der Waals surface area contributed by atoms with Crippen molar-refractivity contribution in [2.24, 2.45) is 5.92 Å². The molecule has 2 nitrogen and oxygen atoms in total. The molecule has 0 radical (unpaired) electrons. The summed E-state index contributed by atoms with van der Waals surface area (Å²) in [5, 5.41) is 3.19. The van der Waals surface area contributed by atoms with Crippen molar-refractivity contribution in [3.05, 3.63) is 34.6 Å². The summed E-state index contributed by atoms with van der Waals surface area (Å²) in [6, 6.07) is 4.84. The Kier molecular flexibility index (Phi) is 3.62. The van der Waals surface area contributed by atoms with Crippen LogP contribution in [0.2, 0.25) is 5.02 Å². The molecular weight excluding hydrogens is 253 g/mol. The standard InChI is InChI=1S/C14H17ClFNO/c1-9(2)14(6-5-13(18)17-14)8-10-3-4-11(15)12(16)7-10/h3-4,7,9H,5-6,8H2,1-2H3,(H,17,18). The maximum absolute atomic E-state index is 13.4. The number of hydrogen-bond donors (Lipinski definition) is 1. The van der Waals surface area contributed by atoms with E-state index in [1.165, 1.54) is 6.07 Å². The molecule has 0 spiro atoms. The molecule has 1 aliphatic heterocycles. The lowest BCUT2D eigenvalue weighted by atomic mass is 9.80. The molecule has 1 aliphatic rings. The number of halogens is 2. The summed E-state index contributed by atoms with van der Waals surface area (Å²) in [5.74, 6) is -0.0155. The first-order valence-electron chi connectivity index (χ1n) is 6.18. The third-order valence-corrected chi connectivity index (χ3v) is 4.10. The number of amides is 1. The maximum atomic E-state index is 13.4. The van der Waals surface area contributed by atoms with E-state index >= 15 is 0 Å². The van der Waals surface area contributed by atoms with Crippen molar-refractivity contribution in [3.63, 3.8) is 0 Å². The van der Waals surface area contributed by atoms with Crippen molar-refractivity contribution in [2.45, 2.75) is 38.6 Å². The number of hydrogen-bond acceptors (Lipinski definition) is 1. The fraction of sp³-hybridized carbons (Fsp3) is 0.500. The number of benzene rings is 1. The molecule has 1 heterocycles. The van der Waals surface area contributed by atoms with Gasteiger partial charge in [0.2, 0.25) is 5.91 Å². The first kappa shape index (κ1) is 13.3. The fourth-order valence-corrected chi connectivity index (χ4v) is 2.64. The van der Waals surface area contributed by atoms with Gasteiger partial charge in [0, 0.05) is 12.0 Å². The minimum absolute atomic E-state index is 0.0816. The van der Waals surface area contributed by atoms with Crippen molar-refractivity contribution >= 4 is 17.5 Å². The van der Waals surface area contributed by atoms with Gasteiger partial charge in [-0.05, 0) is 36.5 Å². The number of nitrogens with one attached hydrogen (secondary N) is 1. The highest BCUT2D eigenvalue weighted by Gasteiger charge is 2.40. The normalized spacial score (nSPS) is 23.5. The highest BCUT2D eigenvalue weighted by molar-refractivity contribution is 6.30. The minimum atomic E-state index is -0.405. The summed E-state index contributed by atoms with van der Waals surface area (Å²) >= 11 is 5.67. The van der Waals surface area contributed by atoms with E-state index in [4.69, 9.17) is 11.6 Å². The average Bonchev–Trinajstić information content (AvgIpc) is 2.67. The molecule has 1 unspecified atom stereocenters. The summed E-state index contributed by atoms with van der Waals surface area (Å²) in [4.78, 5) is 11.5. The van der Waals surface area contributed by atoms with Gasteiger partial charge in [0.05, 0.1) is 5.02 Å². The summed E-state index contributed by atoms with van der Waals surface area (Å²) in [6.45, 7) is 4.16. The van der Waals surface area contributed by atoms with Crippen LogP contribution in [-0.4, -0.2) is 11.4 Å². The van der Waals surface area contributed by atoms with Crippen molar-refractivity contribution in [2.75, 3.05) is 0 Å². The third-order valence-electron chi connectivity index (χ3n) is 3.80. The van der Waals surface area contributed by atoms with Gasteiger partial charge in [0.25, 0.3) is 0 Å². The largest absolute Gasteiger partial charge is 0.350 e. The van der Waals surface area contributed by atoms with E-state index in [0.29, 0.717) is 18.8 Å². The lowest BCUT2D eigenvalue weighted by Gasteiger charge is -2.33. The van der Waals surface area contributed by atoms with E-state index in [2.05, 4.69) is 19.2 Å². The molecule has 0 aromatic heterocycles. The molecule has 1 saturated heterocycles. The first-order chi connectivity index (χ1) is 8.43. The van der Waals surface area contributed by atoms with Gasteiger partial charge in [0.1, 0.15) is 5.82 Å². The molecule has 0 bridgehead atoms. The van der Waals surface area contributed by atoms with E-state index in [-0.39, 0.29) is 16.5 Å². The van der Waals surface area contributed by atoms with Crippen LogP contribution in [0.3, 0.4) is 0 Å². The van der Waals surface area contributed by atoms with Gasteiger partial charge in [-0.3, -0.25) is 4.79 Å². The molecule has 1 atom stereocenters. The summed E-state index contributed by atoms with van der Waals surface area (Å²) < 4.78 is 13.4. The molecule has 2 rings (SSSR count). The molecule has 4 heteroatoms. The zero-order valence-electron chi connectivity index (χ0n) is 10.6. The van der Waals surface area contributed by atoms with Crippen LogP contribution in [0.15, 0.2) is 18.2 Å². The van der Waals surface area contributed by atoms with E-state index in [9.17, 15) is 9.18 Å². The molecule has 1 fully saturated rings. The van der Waals surface area contributed by atoms with Crippen LogP contribution in [0.4, 0.5) is 4.39 Å². The van der Waals surface area contributed by atoms with Crippen LogP contribution in [0, 0.1) is 11.7 Å². The SMILES string of the molecule is CC(C)C1(Cc2ccc(Cl)c(F)c2)CCC(=O)N1. The van der Waals surface area contributed by atoms with Crippen LogP contribution in [0.25, 0.3) is 0 Å². The Bertz CT molecular complexity index is 475. The van der Waals surface area contributed by atoms with Gasteiger partial charge in [-0.15, -0.1) is 0 Å². The third kappa shape index (κ3) is 2.51. The second-order valence-corrected chi connectivity index (χ2v) is 5.69. The predicted octanol–water partition coefficient (Wildman–Crippen LogP) is 3.33. The van der Waals surface area contributed by atoms with Gasteiger partial charge in [-0.25, -0.2) is 4.39 Å². The van der Waals surface area contributed by atoms with Crippen LogP contribution in [0.1, 0.15) is 32.3 Å². The van der Waals surface area contributed by atoms with Crippen LogP contribution in [-0.2, 0) is 11.2 Å². The number of carbonyl (C=O) groups is 1. The fourth-order valence-electron chi connectivity index (χ4n) is 2.52. The van der Waals surface area contributed by atoms with E-state index in [1.54, 1.807) is 6.07 Å². The van der Waals surface area contributed by atoms with Gasteiger partial charge in [-0.1, -0.05) is 31.5 Å². The van der Waals surface area contributed by atoms with E-state index < -0.39 is 5.82 Å². The molecule has 1 aromatic rings. The number of rotatable bonds is 3. The van der Waals surface area contributed by atoms with Gasteiger partial charge in [-0.2, -0.15) is 0 Å². The summed E-state index contributed by atoms with van der Waals surface area (Å²) in [6.07, 6.45) is 1.99. The molecular formula is C14H17ClFNO. The Balaban J connectivity index is 2.24. The van der Waals surface area contributed by atoms with Crippen molar-refractivity contribution in [1.29, 1.82) is 0 Å². The van der Waals surface area contributed by atoms with Crippen molar-refractivity contribution < 1.29 is 9.18 Å². The van der Waals surface area contributed by atoms with Crippen LogP contribution >= 0.6 is 11.6 Å². The predicted molar refractivity (Wildman–Crippen MR) is 70.1 cm³/mol. The molecule has 1 aromatic carbocycles. The molecule has 18 heavy (non-hydrogen) atoms. The minimum Gasteiger partial charge on any atom is -0.350 e. The molecule has 1 N–H and O–H groups in total. The van der Waals surface area contributed by atoms with Gasteiger partial charge < -0.3 is 5.32 Å². The lowest BCUT2D eigenvalue weighted by molar-refractivity contribution is -0.120. The van der Waals surface area contributed by atoms with Gasteiger partial charge in [0.15, 0.2) is 0 Å². The van der Waals surface area contributed by atoms with Crippen LogP contribution in [0.5, 0.6) is 0 Å². The summed E-state index contributed by atoms with van der Waals surface area (Å²) in [5.41, 5.74) is 0.616. The smallest absolute Gasteiger partial charge is 0.220 e. The monoisotopic (exact) mass is 269 g/mol. The highest BCUT2D eigenvalue weighted by atomic mass is 35.5. The Morgan fingerprint density at radius 3 is 2.72 bits per heavy atom. The Labute approximate surface area is 112 Å². The highest BCUT2D eigenvalue weighted by Crippen LogP contribution is 2.32. The van der Waals surface area contributed by atoms with E-state index in [1.807, 2.05) is 6.07 Å². The topological polar surface area (TPSA) is 29.1 Å². The van der Waals surface area contributed by atoms with Crippen molar-refractivity contribution in [3.8, 4) is 0 Å². The zero-order chi connectivity index (χ0) is 13.3. The van der Waals surface area contributed by atoms with Crippen molar-refractivity contribution in [1.82, 2.24) is 5.32 Å². The summed E-state index contributed by atoms with van der Waals surface area (Å²) in [7, 11) is 0. The lowest BCUT2D eigenvalue weighted by Crippen LogP contribution is -2.48. The Hall–Kier alpha value is -1.09. The average molecular weight is 270 g/mol. The Morgan fingerprint density at radius 1 is 1.50 bits per heavy atom. The van der Waals surface area contributed by atoms with E-state index in [0.717, 1.165) is 12.0 Å². The molecule has 0 aliphatic carbocycles. The second kappa shape index (κ2) is 4.88. The zero-order valence-corrected chi connectivity index (χ0v) is 11.4. The molecule has 1 amide bonds. The second-order valence-electron chi connectivity index (χ2n) is 5.28. The maximum Gasteiger partial charge on any atom is 0.220 e. The Morgan fingerprint density at radius 2 is 2.22 bits per heavy atom. The first-order valence-corrected chi connectivity index (χ1v) is 6.56. The van der Waals surface area contributed by atoms with Gasteiger partial charge >= 0.3 is 0 Å². The molecule has 98 valence electrons. The van der Waals surface area contributed by atoms with Crippen LogP contribution < -0.4 is 5.32 Å². The molecule has 0 saturated carbocycles. The number of carbonyl (C=O) groups excluding carboxylic acids is 1.